The number of rotatable bonds is 11. The number of nitrogens with one attached hydrogen (secondary N) is 5. The monoisotopic (exact) mass is 939 g/mol. The van der Waals surface area contributed by atoms with Crippen LogP contribution >= 0.6 is 0 Å². The molecular weight excluding hydrogens is 897 g/mol. The minimum Gasteiger partial charge on any atom is -0.361 e. The molecular formula is C41H43F6N13O5Si. The lowest BCUT2D eigenvalue weighted by molar-refractivity contribution is -0.213. The number of imidazole rings is 1. The molecule has 2 aliphatic carbocycles. The summed E-state index contributed by atoms with van der Waals surface area (Å²) in [5.41, 5.74) is -6.27. The Bertz CT molecular complexity index is 3080. The van der Waals surface area contributed by atoms with Crippen LogP contribution in [0.1, 0.15) is 83.9 Å². The van der Waals surface area contributed by atoms with Crippen LogP contribution in [0.25, 0.3) is 22.2 Å². The van der Waals surface area contributed by atoms with E-state index in [1.807, 2.05) is 21.3 Å². The zero-order valence-electron chi connectivity index (χ0n) is 36.0. The van der Waals surface area contributed by atoms with E-state index in [0.717, 1.165) is 57.1 Å². The first kappa shape index (κ1) is 44.6. The minimum absolute atomic E-state index is 0.130. The van der Waals surface area contributed by atoms with E-state index in [-0.39, 0.29) is 41.2 Å². The van der Waals surface area contributed by atoms with Crippen molar-refractivity contribution in [2.45, 2.75) is 107 Å². The topological polar surface area (TPSA) is 221 Å². The minimum atomic E-state index is -4.90. The number of carbonyl (C=O) groups is 2. The van der Waals surface area contributed by atoms with Gasteiger partial charge in [-0.1, -0.05) is 19.6 Å². The van der Waals surface area contributed by atoms with Gasteiger partial charge in [0, 0.05) is 26.3 Å². The number of aromatic nitrogens is 9. The van der Waals surface area contributed by atoms with Crippen LogP contribution in [0.5, 0.6) is 0 Å². The standard InChI is InChI=1S/C23H28F3N7O3Si.C18H15F3N6O2/c1-22(23(24,25)26)31-20(34)15-8-7-14(21(35)33(15)22)29-17-16-19(28-11-27-17)32(18(30-16)13-5-6-13)12-36-9-10-37(2,3)4;1-17(18(19,20)21)26-15(28)12-5-4-10(16(29)27(12)17)24-13-9-6-11(8-2-3-8)25-14(9)23-7-22-13/h7-8,11,13H,5-6,9-10,12H2,1-4H3,(H,31,34)(H,27,28,29);4-8H,2-3H2,1H3,(H,26,28)(H2,22,23,24,25). The smallest absolute Gasteiger partial charge is 0.361 e. The molecule has 0 saturated heterocycles. The molecule has 2 unspecified atom stereocenters. The first-order valence-electron chi connectivity index (χ1n) is 21.0. The predicted octanol–water partition coefficient (Wildman–Crippen LogP) is 6.62. The van der Waals surface area contributed by atoms with E-state index in [2.05, 4.69) is 55.2 Å². The summed E-state index contributed by atoms with van der Waals surface area (Å²) in [6.45, 7) is 9.21. The first-order valence-corrected chi connectivity index (χ1v) is 24.7. The summed E-state index contributed by atoms with van der Waals surface area (Å²) in [5, 5.41) is 10.0. The summed E-state index contributed by atoms with van der Waals surface area (Å²) in [4.78, 5) is 75.0. The Hall–Kier alpha value is -6.63. The summed E-state index contributed by atoms with van der Waals surface area (Å²) in [6, 6.07) is 7.79. The first-order chi connectivity index (χ1) is 31.0. The highest BCUT2D eigenvalue weighted by Crippen LogP contribution is 2.43. The molecule has 2 amide bonds. The normalized spacial score (nSPS) is 20.5. The molecule has 4 aliphatic rings. The van der Waals surface area contributed by atoms with Crippen molar-refractivity contribution in [1.82, 2.24) is 54.2 Å². The Morgan fingerprint density at radius 1 is 0.758 bits per heavy atom. The van der Waals surface area contributed by atoms with Crippen LogP contribution in [0.15, 0.2) is 52.6 Å². The number of alkyl halides is 6. The lowest BCUT2D eigenvalue weighted by atomic mass is 10.2. The summed E-state index contributed by atoms with van der Waals surface area (Å²) < 4.78 is 91.0. The predicted molar refractivity (Wildman–Crippen MR) is 230 cm³/mol. The van der Waals surface area contributed by atoms with Crippen molar-refractivity contribution >= 4 is 65.1 Å². The molecule has 0 radical (unpaired) electrons. The van der Waals surface area contributed by atoms with Crippen molar-refractivity contribution in [3.05, 3.63) is 86.6 Å². The SMILES string of the molecule is CC1(C(F)(F)F)NC(=O)c2ccc(Nc3ncnc4[nH]c(C5CC5)cc34)c(=O)n21.CC1(C(F)(F)F)NC(=O)c2ccc(Nc3ncnc4c3nc(C3CC3)n4COCC[Si](C)(C)C)c(=O)n21. The zero-order valence-corrected chi connectivity index (χ0v) is 37.0. The number of anilines is 4. The number of hydrogen-bond acceptors (Lipinski definition) is 12. The molecule has 2 saturated carbocycles. The third kappa shape index (κ3) is 7.75. The largest absolute Gasteiger partial charge is 0.430 e. The number of aromatic amines is 1. The molecule has 0 aromatic carbocycles. The van der Waals surface area contributed by atoms with Crippen LogP contribution in [0.3, 0.4) is 0 Å². The molecule has 2 atom stereocenters. The van der Waals surface area contributed by atoms with Gasteiger partial charge < -0.3 is 31.0 Å². The molecule has 66 heavy (non-hydrogen) atoms. The van der Waals surface area contributed by atoms with Gasteiger partial charge in [-0.15, -0.1) is 0 Å². The van der Waals surface area contributed by atoms with Crippen LogP contribution in [-0.2, 0) is 22.8 Å². The number of pyridine rings is 2. The summed E-state index contributed by atoms with van der Waals surface area (Å²) >= 11 is 0. The number of fused-ring (bicyclic) bond motifs is 4. The third-order valence-corrected chi connectivity index (χ3v) is 13.7. The van der Waals surface area contributed by atoms with Gasteiger partial charge in [-0.25, -0.2) is 24.9 Å². The molecule has 6 aromatic rings. The maximum absolute atomic E-state index is 13.8. The van der Waals surface area contributed by atoms with E-state index in [4.69, 9.17) is 9.72 Å². The van der Waals surface area contributed by atoms with E-state index in [1.54, 1.807) is 0 Å². The van der Waals surface area contributed by atoms with Crippen molar-refractivity contribution < 1.29 is 40.7 Å². The maximum Gasteiger partial charge on any atom is 0.430 e. The second-order valence-electron chi connectivity index (χ2n) is 18.2. The second-order valence-corrected chi connectivity index (χ2v) is 23.9. The van der Waals surface area contributed by atoms with Gasteiger partial charge >= 0.3 is 12.4 Å². The van der Waals surface area contributed by atoms with Gasteiger partial charge in [0.25, 0.3) is 22.9 Å². The van der Waals surface area contributed by atoms with E-state index in [1.165, 1.54) is 36.9 Å². The number of ether oxygens (including phenoxy) is 1. The fraction of sp³-hybridized carbons (Fsp3) is 0.439. The number of halogens is 6. The van der Waals surface area contributed by atoms with E-state index < -0.39 is 54.7 Å². The Kier molecular flexibility index (Phi) is 10.5. The van der Waals surface area contributed by atoms with Gasteiger partial charge in [-0.3, -0.25) is 32.9 Å². The average molecular weight is 940 g/mol. The second kappa shape index (κ2) is 15.5. The molecule has 8 heterocycles. The van der Waals surface area contributed by atoms with E-state index in [9.17, 15) is 45.5 Å². The Morgan fingerprint density at radius 3 is 1.82 bits per heavy atom. The zero-order chi connectivity index (χ0) is 47.3. The molecule has 2 fully saturated rings. The summed E-state index contributed by atoms with van der Waals surface area (Å²) in [6.07, 6.45) is -3.04. The van der Waals surface area contributed by atoms with Gasteiger partial charge in [0.05, 0.1) is 5.39 Å². The third-order valence-electron chi connectivity index (χ3n) is 12.0. The van der Waals surface area contributed by atoms with Crippen molar-refractivity contribution in [2.75, 3.05) is 17.2 Å². The molecule has 0 bridgehead atoms. The molecule has 25 heteroatoms. The number of H-pyrrole nitrogens is 1. The number of hydrogen-bond donors (Lipinski definition) is 5. The van der Waals surface area contributed by atoms with Gasteiger partial charge in [0.15, 0.2) is 17.0 Å². The summed E-state index contributed by atoms with van der Waals surface area (Å²) in [5.74, 6) is 0.0346. The molecule has 6 aromatic heterocycles. The number of carbonyl (C=O) groups excluding carboxylic acids is 2. The van der Waals surface area contributed by atoms with Crippen molar-refractivity contribution in [3.8, 4) is 0 Å². The van der Waals surface area contributed by atoms with E-state index >= 15 is 0 Å². The highest BCUT2D eigenvalue weighted by atomic mass is 28.3. The van der Waals surface area contributed by atoms with Gasteiger partial charge in [0.2, 0.25) is 11.3 Å². The number of nitrogens with zero attached hydrogens (tertiary/aromatic N) is 8. The van der Waals surface area contributed by atoms with Crippen LogP contribution in [-0.4, -0.2) is 82.5 Å². The van der Waals surface area contributed by atoms with Crippen molar-refractivity contribution in [2.24, 2.45) is 0 Å². The Morgan fingerprint density at radius 2 is 1.29 bits per heavy atom. The molecule has 2 aliphatic heterocycles. The number of amides is 2. The van der Waals surface area contributed by atoms with Crippen LogP contribution in [0, 0.1) is 0 Å². The lowest BCUT2D eigenvalue weighted by Crippen LogP contribution is -2.55. The molecule has 10 rings (SSSR count). The van der Waals surface area contributed by atoms with Crippen molar-refractivity contribution in [1.29, 1.82) is 0 Å². The van der Waals surface area contributed by atoms with Crippen LogP contribution in [0.4, 0.5) is 49.4 Å². The van der Waals surface area contributed by atoms with E-state index in [0.29, 0.717) is 49.7 Å². The fourth-order valence-electron chi connectivity index (χ4n) is 7.87. The van der Waals surface area contributed by atoms with Gasteiger partial charge in [-0.2, -0.15) is 26.3 Å². The molecule has 5 N–H and O–H groups in total. The van der Waals surface area contributed by atoms with Crippen LogP contribution in [0.2, 0.25) is 25.7 Å². The molecule has 348 valence electrons. The Balaban J connectivity index is 0.000000171. The Labute approximate surface area is 370 Å². The van der Waals surface area contributed by atoms with Crippen LogP contribution < -0.4 is 32.4 Å². The molecule has 0 spiro atoms. The fourth-order valence-corrected chi connectivity index (χ4v) is 8.63. The maximum atomic E-state index is 13.8. The average Bonchev–Trinajstić information content (AvgIpc) is 4.14. The summed E-state index contributed by atoms with van der Waals surface area (Å²) in [7, 11) is -1.26. The molecule has 18 nitrogen and oxygen atoms in total. The highest BCUT2D eigenvalue weighted by Gasteiger charge is 2.60. The van der Waals surface area contributed by atoms with Gasteiger partial charge in [0.1, 0.15) is 59.4 Å². The highest BCUT2D eigenvalue weighted by molar-refractivity contribution is 6.76. The van der Waals surface area contributed by atoms with Gasteiger partial charge in [-0.05, 0) is 81.8 Å². The quantitative estimate of drug-likeness (QED) is 0.0526. The van der Waals surface area contributed by atoms with Crippen molar-refractivity contribution in [3.63, 3.8) is 0 Å². The lowest BCUT2D eigenvalue weighted by Gasteiger charge is -2.29.